The average molecular weight is 411 g/mol. The molecule has 0 bridgehead atoms. The van der Waals surface area contributed by atoms with Gasteiger partial charge >= 0.3 is 6.18 Å². The molecule has 0 saturated heterocycles. The molecule has 0 aliphatic heterocycles. The first kappa shape index (κ1) is 20.9. The van der Waals surface area contributed by atoms with Crippen LogP contribution in [-0.4, -0.2) is 18.0 Å². The van der Waals surface area contributed by atoms with Crippen molar-refractivity contribution in [3.8, 4) is 11.8 Å². The van der Waals surface area contributed by atoms with Crippen LogP contribution in [0.4, 0.5) is 13.2 Å². The molecule has 0 atom stereocenters. The quantitative estimate of drug-likeness (QED) is 0.591. The summed E-state index contributed by atoms with van der Waals surface area (Å²) in [5, 5.41) is 13.2. The summed E-state index contributed by atoms with van der Waals surface area (Å²) in [5.41, 5.74) is -1.79. The molecule has 0 amide bonds. The van der Waals surface area contributed by atoms with Crippen LogP contribution in [0.5, 0.6) is 5.75 Å². The van der Waals surface area contributed by atoms with E-state index in [1.54, 1.807) is 60.7 Å². The first-order valence-electron chi connectivity index (χ1n) is 8.82. The van der Waals surface area contributed by atoms with Gasteiger partial charge < -0.3 is 4.74 Å². The van der Waals surface area contributed by atoms with Gasteiger partial charge in [0.15, 0.2) is 0 Å². The first-order chi connectivity index (χ1) is 14.3. The number of aromatic nitrogens is 1. The van der Waals surface area contributed by atoms with Gasteiger partial charge in [-0.3, -0.25) is 4.79 Å². The largest absolute Gasteiger partial charge is 0.496 e. The Hall–Kier alpha value is -3.86. The van der Waals surface area contributed by atoms with E-state index < -0.39 is 23.0 Å². The number of benzene rings is 2. The Labute approximate surface area is 170 Å². The van der Waals surface area contributed by atoms with E-state index in [2.05, 4.69) is 5.10 Å². The second kappa shape index (κ2) is 8.66. The summed E-state index contributed by atoms with van der Waals surface area (Å²) in [6.45, 7) is 0. The first-order valence-corrected chi connectivity index (χ1v) is 8.82. The van der Waals surface area contributed by atoms with E-state index in [4.69, 9.17) is 4.74 Å². The lowest BCUT2D eigenvalue weighted by Gasteiger charge is -2.15. The molecule has 0 saturated carbocycles. The van der Waals surface area contributed by atoms with Gasteiger partial charge in [0.05, 0.1) is 13.3 Å². The highest BCUT2D eigenvalue weighted by molar-refractivity contribution is 5.79. The highest BCUT2D eigenvalue weighted by Gasteiger charge is 2.36. The van der Waals surface area contributed by atoms with Gasteiger partial charge in [-0.2, -0.15) is 28.2 Å². The zero-order valence-electron chi connectivity index (χ0n) is 15.8. The minimum atomic E-state index is -4.85. The van der Waals surface area contributed by atoms with Gasteiger partial charge in [-0.1, -0.05) is 48.5 Å². The Morgan fingerprint density at radius 1 is 1.10 bits per heavy atom. The number of pyridine rings is 1. The molecule has 0 unspecified atom stereocenters. The van der Waals surface area contributed by atoms with Gasteiger partial charge in [0.1, 0.15) is 23.1 Å². The van der Waals surface area contributed by atoms with Crippen molar-refractivity contribution < 1.29 is 17.9 Å². The van der Waals surface area contributed by atoms with Crippen LogP contribution < -0.4 is 10.3 Å². The number of alkyl halides is 3. The third kappa shape index (κ3) is 4.41. The number of hydrogen-bond acceptors (Lipinski definition) is 4. The Morgan fingerprint density at radius 3 is 2.40 bits per heavy atom. The normalized spacial score (nSPS) is 11.4. The molecule has 8 heteroatoms. The fourth-order valence-corrected chi connectivity index (χ4v) is 2.94. The summed E-state index contributed by atoms with van der Waals surface area (Å²) >= 11 is 0. The predicted molar refractivity (Wildman–Crippen MR) is 106 cm³/mol. The van der Waals surface area contributed by atoms with Crippen molar-refractivity contribution >= 4 is 6.21 Å². The molecule has 2 aromatic carbocycles. The molecule has 0 aliphatic carbocycles. The molecule has 0 spiro atoms. The lowest BCUT2D eigenvalue weighted by Crippen LogP contribution is -2.29. The number of halogens is 3. The number of rotatable bonds is 5. The average Bonchev–Trinajstić information content (AvgIpc) is 2.73. The van der Waals surface area contributed by atoms with Crippen LogP contribution in [0.3, 0.4) is 0 Å². The number of nitrogens with zero attached hydrogens (tertiary/aromatic N) is 3. The molecule has 0 radical (unpaired) electrons. The van der Waals surface area contributed by atoms with Gasteiger partial charge in [0.25, 0.3) is 5.56 Å². The summed E-state index contributed by atoms with van der Waals surface area (Å²) in [5.74, 6) is 0.446. The van der Waals surface area contributed by atoms with Crippen molar-refractivity contribution in [3.63, 3.8) is 0 Å². The summed E-state index contributed by atoms with van der Waals surface area (Å²) < 4.78 is 46.6. The molecule has 3 aromatic rings. The maximum absolute atomic E-state index is 13.7. The number of nitriles is 1. The minimum absolute atomic E-state index is 0.0505. The third-order valence-corrected chi connectivity index (χ3v) is 4.36. The van der Waals surface area contributed by atoms with Crippen LogP contribution in [0.1, 0.15) is 27.9 Å². The van der Waals surface area contributed by atoms with Gasteiger partial charge in [-0.25, -0.2) is 0 Å². The van der Waals surface area contributed by atoms with Crippen molar-refractivity contribution in [1.82, 2.24) is 4.68 Å². The van der Waals surface area contributed by atoms with Crippen molar-refractivity contribution in [2.75, 3.05) is 7.11 Å². The molecule has 0 aliphatic rings. The van der Waals surface area contributed by atoms with Gasteiger partial charge in [0, 0.05) is 6.42 Å². The molecular formula is C22H16F3N3O2. The highest BCUT2D eigenvalue weighted by Crippen LogP contribution is 2.31. The van der Waals surface area contributed by atoms with Crippen LogP contribution in [-0.2, 0) is 12.6 Å². The zero-order valence-corrected chi connectivity index (χ0v) is 15.8. The Morgan fingerprint density at radius 2 is 1.77 bits per heavy atom. The van der Waals surface area contributed by atoms with E-state index in [-0.39, 0.29) is 16.7 Å². The lowest BCUT2D eigenvalue weighted by atomic mass is 10.00. The van der Waals surface area contributed by atoms with Crippen LogP contribution in [0.15, 0.2) is 70.6 Å². The molecule has 30 heavy (non-hydrogen) atoms. The zero-order chi connectivity index (χ0) is 21.7. The molecule has 1 heterocycles. The minimum Gasteiger partial charge on any atom is -0.496 e. The second-order valence-electron chi connectivity index (χ2n) is 6.30. The summed E-state index contributed by atoms with van der Waals surface area (Å²) in [7, 11) is 1.43. The molecule has 3 rings (SSSR count). The summed E-state index contributed by atoms with van der Waals surface area (Å²) in [4.78, 5) is 12.7. The van der Waals surface area contributed by atoms with E-state index >= 15 is 0 Å². The van der Waals surface area contributed by atoms with E-state index in [0.29, 0.717) is 16.9 Å². The maximum Gasteiger partial charge on any atom is 0.433 e. The van der Waals surface area contributed by atoms with Crippen molar-refractivity contribution in [2.45, 2.75) is 12.6 Å². The smallest absolute Gasteiger partial charge is 0.433 e. The fraction of sp³-hybridized carbons (Fsp3) is 0.136. The molecule has 152 valence electrons. The summed E-state index contributed by atoms with van der Waals surface area (Å²) in [6, 6.07) is 17.6. The SMILES string of the molecule is COc1ccccc1Cc1cc(C(F)(F)F)n(/N=C/c2ccccc2)c(=O)c1C#N. The van der Waals surface area contributed by atoms with Crippen molar-refractivity contribution in [2.24, 2.45) is 5.10 Å². The monoisotopic (exact) mass is 411 g/mol. The molecule has 5 nitrogen and oxygen atoms in total. The third-order valence-electron chi connectivity index (χ3n) is 4.36. The molecule has 0 fully saturated rings. The lowest BCUT2D eigenvalue weighted by molar-refractivity contribution is -0.143. The summed E-state index contributed by atoms with van der Waals surface area (Å²) in [6.07, 6.45) is -3.79. The van der Waals surface area contributed by atoms with E-state index in [1.807, 2.05) is 0 Å². The Bertz CT molecular complexity index is 1180. The van der Waals surface area contributed by atoms with Gasteiger partial charge in [-0.15, -0.1) is 0 Å². The maximum atomic E-state index is 13.7. The van der Waals surface area contributed by atoms with Crippen LogP contribution in [0.25, 0.3) is 0 Å². The number of methoxy groups -OCH3 is 1. The van der Waals surface area contributed by atoms with E-state index in [0.717, 1.165) is 12.3 Å². The van der Waals surface area contributed by atoms with Gasteiger partial charge in [-0.05, 0) is 28.8 Å². The van der Waals surface area contributed by atoms with E-state index in [1.165, 1.54) is 7.11 Å². The highest BCUT2D eigenvalue weighted by atomic mass is 19.4. The van der Waals surface area contributed by atoms with Crippen molar-refractivity contribution in [3.05, 3.63) is 99.0 Å². The van der Waals surface area contributed by atoms with Crippen LogP contribution in [0, 0.1) is 11.3 Å². The van der Waals surface area contributed by atoms with Crippen molar-refractivity contribution in [1.29, 1.82) is 5.26 Å². The molecular weight excluding hydrogens is 395 g/mol. The topological polar surface area (TPSA) is 67.4 Å². The Balaban J connectivity index is 2.17. The number of hydrogen-bond donors (Lipinski definition) is 0. The Kier molecular flexibility index (Phi) is 6.02. The predicted octanol–water partition coefficient (Wildman–Crippen LogP) is 4.22. The van der Waals surface area contributed by atoms with E-state index in [9.17, 15) is 23.2 Å². The molecule has 1 aromatic heterocycles. The number of ether oxygens (including phenoxy) is 1. The second-order valence-corrected chi connectivity index (χ2v) is 6.30. The number of para-hydroxylation sites is 1. The van der Waals surface area contributed by atoms with Gasteiger partial charge in [0.2, 0.25) is 0 Å². The fourth-order valence-electron chi connectivity index (χ4n) is 2.94. The van der Waals surface area contributed by atoms with Crippen LogP contribution >= 0.6 is 0 Å². The standard InChI is InChI=1S/C22H16F3N3O2/c1-30-19-10-6-5-9-16(19)11-17-12-20(22(23,24)25)28(21(29)18(17)13-26)27-14-15-7-3-2-4-8-15/h2-10,12,14H,11H2,1H3/b27-14+. The van der Waals surface area contributed by atoms with Crippen LogP contribution in [0.2, 0.25) is 0 Å². The molecule has 0 N–H and O–H groups in total.